The molecule has 2 aliphatic carbocycles. The number of rotatable bonds is 6. The van der Waals surface area contributed by atoms with Crippen molar-refractivity contribution in [1.82, 2.24) is 10.3 Å². The van der Waals surface area contributed by atoms with E-state index in [1.165, 1.54) is 25.7 Å². The second-order valence-electron chi connectivity index (χ2n) is 9.84. The monoisotopic (exact) mass is 428 g/mol. The molecule has 2 fully saturated rings. The van der Waals surface area contributed by atoms with Crippen molar-refractivity contribution in [3.63, 3.8) is 0 Å². The van der Waals surface area contributed by atoms with Crippen molar-refractivity contribution in [1.29, 1.82) is 0 Å². The largest absolute Gasteiger partial charge is 0.490 e. The smallest absolute Gasteiger partial charge is 0.252 e. The summed E-state index contributed by atoms with van der Waals surface area (Å²) in [4.78, 5) is 18.4. The minimum Gasteiger partial charge on any atom is -0.490 e. The molecule has 4 heteroatoms. The summed E-state index contributed by atoms with van der Waals surface area (Å²) in [6.07, 6.45) is 5.36. The van der Waals surface area contributed by atoms with Gasteiger partial charge in [0.05, 0.1) is 22.9 Å². The SMILES string of the molecule is CC(C)Oc1ccccc1-c1cc(C(=O)N[C@H](C)[C@@H]2C[C@@H]3CC[C@@H]2C3)c2ccccc2n1. The van der Waals surface area contributed by atoms with Crippen LogP contribution in [-0.4, -0.2) is 23.0 Å². The zero-order chi connectivity index (χ0) is 22.2. The number of aromatic nitrogens is 1. The minimum atomic E-state index is -0.0117. The molecule has 5 rings (SSSR count). The Hall–Kier alpha value is -2.88. The van der Waals surface area contributed by atoms with Crippen molar-refractivity contribution in [2.75, 3.05) is 0 Å². The lowest BCUT2D eigenvalue weighted by atomic mass is 9.84. The van der Waals surface area contributed by atoms with Gasteiger partial charge in [0.2, 0.25) is 0 Å². The van der Waals surface area contributed by atoms with Crippen LogP contribution in [0.1, 0.15) is 56.8 Å². The van der Waals surface area contributed by atoms with Gasteiger partial charge in [0, 0.05) is 17.0 Å². The van der Waals surface area contributed by atoms with E-state index in [2.05, 4.69) is 12.2 Å². The third kappa shape index (κ3) is 3.99. The van der Waals surface area contributed by atoms with Gasteiger partial charge in [-0.15, -0.1) is 0 Å². The fourth-order valence-electron chi connectivity index (χ4n) is 5.83. The predicted octanol–water partition coefficient (Wildman–Crippen LogP) is 6.24. The van der Waals surface area contributed by atoms with Crippen molar-refractivity contribution >= 4 is 16.8 Å². The molecule has 1 aromatic heterocycles. The highest BCUT2D eigenvalue weighted by atomic mass is 16.5. The summed E-state index contributed by atoms with van der Waals surface area (Å²) in [6, 6.07) is 17.9. The molecule has 2 bridgehead atoms. The zero-order valence-electron chi connectivity index (χ0n) is 19.2. The van der Waals surface area contributed by atoms with E-state index in [0.717, 1.165) is 39.7 Å². The number of amides is 1. The Balaban J connectivity index is 1.50. The molecule has 3 aromatic rings. The number of pyridine rings is 1. The summed E-state index contributed by atoms with van der Waals surface area (Å²) in [5.41, 5.74) is 3.17. The third-order valence-electron chi connectivity index (χ3n) is 7.28. The van der Waals surface area contributed by atoms with E-state index < -0.39 is 0 Å². The maximum atomic E-state index is 13.5. The zero-order valence-corrected chi connectivity index (χ0v) is 19.2. The maximum absolute atomic E-state index is 13.5. The molecular weight excluding hydrogens is 396 g/mol. The van der Waals surface area contributed by atoms with E-state index in [0.29, 0.717) is 11.5 Å². The van der Waals surface area contributed by atoms with Gasteiger partial charge in [-0.3, -0.25) is 4.79 Å². The van der Waals surface area contributed by atoms with Crippen LogP contribution in [0.3, 0.4) is 0 Å². The van der Waals surface area contributed by atoms with Gasteiger partial charge in [-0.2, -0.15) is 0 Å². The number of para-hydroxylation sites is 2. The summed E-state index contributed by atoms with van der Waals surface area (Å²) in [5.74, 6) is 3.02. The standard InChI is InChI=1S/C28H32N2O2/c1-17(2)32-27-11-7-5-9-22(27)26-16-24(21-8-4-6-10-25(21)30-26)28(31)29-18(3)23-15-19-12-13-20(23)14-19/h4-11,16-20,23H,12-15H2,1-3H3,(H,29,31)/t18-,19-,20-,23+/m1/s1. The molecule has 1 amide bonds. The van der Waals surface area contributed by atoms with Gasteiger partial charge in [-0.05, 0) is 82.1 Å². The van der Waals surface area contributed by atoms with Gasteiger partial charge in [-0.1, -0.05) is 36.8 Å². The van der Waals surface area contributed by atoms with Gasteiger partial charge in [0.25, 0.3) is 5.91 Å². The normalized spacial score (nSPS) is 22.9. The lowest BCUT2D eigenvalue weighted by molar-refractivity contribution is 0.0917. The van der Waals surface area contributed by atoms with Gasteiger partial charge in [0.15, 0.2) is 0 Å². The molecule has 0 spiro atoms. The van der Waals surface area contributed by atoms with E-state index in [1.807, 2.05) is 68.4 Å². The number of benzene rings is 2. The molecule has 1 N–H and O–H groups in total. The number of hydrogen-bond acceptors (Lipinski definition) is 3. The van der Waals surface area contributed by atoms with Crippen LogP contribution < -0.4 is 10.1 Å². The van der Waals surface area contributed by atoms with Crippen LogP contribution >= 0.6 is 0 Å². The van der Waals surface area contributed by atoms with E-state index in [4.69, 9.17) is 9.72 Å². The number of ether oxygens (including phenoxy) is 1. The van der Waals surface area contributed by atoms with Crippen LogP contribution in [0.2, 0.25) is 0 Å². The van der Waals surface area contributed by atoms with Crippen LogP contribution in [0.25, 0.3) is 22.2 Å². The van der Waals surface area contributed by atoms with Gasteiger partial charge < -0.3 is 10.1 Å². The minimum absolute atomic E-state index is 0.0117. The first-order valence-corrected chi connectivity index (χ1v) is 12.0. The molecule has 0 saturated heterocycles. The van der Waals surface area contributed by atoms with Crippen molar-refractivity contribution in [3.05, 3.63) is 60.2 Å². The van der Waals surface area contributed by atoms with Gasteiger partial charge in [0.1, 0.15) is 5.75 Å². The molecule has 0 unspecified atom stereocenters. The first-order valence-electron chi connectivity index (χ1n) is 12.0. The second kappa shape index (κ2) is 8.57. The summed E-state index contributed by atoms with van der Waals surface area (Å²) in [5, 5.41) is 4.23. The quantitative estimate of drug-likeness (QED) is 0.505. The van der Waals surface area contributed by atoms with Crippen molar-refractivity contribution in [2.24, 2.45) is 17.8 Å². The highest BCUT2D eigenvalue weighted by molar-refractivity contribution is 6.07. The molecule has 32 heavy (non-hydrogen) atoms. The Morgan fingerprint density at radius 2 is 1.81 bits per heavy atom. The topological polar surface area (TPSA) is 51.2 Å². The molecule has 166 valence electrons. The van der Waals surface area contributed by atoms with Crippen LogP contribution in [-0.2, 0) is 0 Å². The molecule has 4 nitrogen and oxygen atoms in total. The molecule has 0 radical (unpaired) electrons. The van der Waals surface area contributed by atoms with Crippen molar-refractivity contribution in [3.8, 4) is 17.0 Å². The summed E-state index contributed by atoms with van der Waals surface area (Å²) < 4.78 is 6.03. The van der Waals surface area contributed by atoms with Crippen molar-refractivity contribution < 1.29 is 9.53 Å². The molecule has 2 aliphatic rings. The highest BCUT2D eigenvalue weighted by Gasteiger charge is 2.42. The summed E-state index contributed by atoms with van der Waals surface area (Å²) >= 11 is 0. The highest BCUT2D eigenvalue weighted by Crippen LogP contribution is 2.49. The molecular formula is C28H32N2O2. The molecule has 2 saturated carbocycles. The maximum Gasteiger partial charge on any atom is 0.252 e. The Morgan fingerprint density at radius 3 is 2.56 bits per heavy atom. The van der Waals surface area contributed by atoms with Crippen LogP contribution in [0.5, 0.6) is 5.75 Å². The second-order valence-corrected chi connectivity index (χ2v) is 9.84. The van der Waals surface area contributed by atoms with Gasteiger partial charge >= 0.3 is 0 Å². The average Bonchev–Trinajstić information content (AvgIpc) is 3.42. The molecule has 0 aliphatic heterocycles. The number of nitrogens with zero attached hydrogens (tertiary/aromatic N) is 1. The van der Waals surface area contributed by atoms with Crippen LogP contribution in [0.15, 0.2) is 54.6 Å². The third-order valence-corrected chi connectivity index (χ3v) is 7.28. The van der Waals surface area contributed by atoms with E-state index in [-0.39, 0.29) is 18.1 Å². The fourth-order valence-corrected chi connectivity index (χ4v) is 5.83. The summed E-state index contributed by atoms with van der Waals surface area (Å²) in [7, 11) is 0. The first-order chi connectivity index (χ1) is 15.5. The number of hydrogen-bond donors (Lipinski definition) is 1. The number of carbonyl (C=O) groups excluding carboxylic acids is 1. The Kier molecular flexibility index (Phi) is 5.62. The average molecular weight is 429 g/mol. The molecule has 1 heterocycles. The number of carbonyl (C=O) groups is 1. The van der Waals surface area contributed by atoms with E-state index in [1.54, 1.807) is 0 Å². The van der Waals surface area contributed by atoms with Crippen LogP contribution in [0, 0.1) is 17.8 Å². The van der Waals surface area contributed by atoms with E-state index >= 15 is 0 Å². The Bertz CT molecular complexity index is 1140. The fraction of sp³-hybridized carbons (Fsp3) is 0.429. The van der Waals surface area contributed by atoms with E-state index in [9.17, 15) is 4.79 Å². The summed E-state index contributed by atoms with van der Waals surface area (Å²) in [6.45, 7) is 6.21. The lowest BCUT2D eigenvalue weighted by Crippen LogP contribution is -2.40. The van der Waals surface area contributed by atoms with Crippen LogP contribution in [0.4, 0.5) is 0 Å². The molecule has 4 atom stereocenters. The van der Waals surface area contributed by atoms with Crippen molar-refractivity contribution in [2.45, 2.75) is 58.6 Å². The predicted molar refractivity (Wildman–Crippen MR) is 129 cm³/mol. The number of nitrogens with one attached hydrogen (secondary N) is 1. The lowest BCUT2D eigenvalue weighted by Gasteiger charge is -2.28. The number of fused-ring (bicyclic) bond motifs is 3. The first kappa shape index (κ1) is 21.0. The molecule has 2 aromatic carbocycles. The van der Waals surface area contributed by atoms with Gasteiger partial charge in [-0.25, -0.2) is 4.98 Å². The Labute approximate surface area is 190 Å². The Morgan fingerprint density at radius 1 is 1.03 bits per heavy atom.